The van der Waals surface area contributed by atoms with Crippen LogP contribution in [-0.2, 0) is 0 Å². The number of thioether (sulfide) groups is 1. The number of hydrogen-bond acceptors (Lipinski definition) is 2. The summed E-state index contributed by atoms with van der Waals surface area (Å²) in [6.45, 7) is 6.91. The number of benzene rings is 1. The average molecular weight is 251 g/mol. The molecule has 17 heavy (non-hydrogen) atoms. The van der Waals surface area contributed by atoms with Crippen LogP contribution in [0.3, 0.4) is 0 Å². The Kier molecular flexibility index (Phi) is 6.07. The second-order valence-electron chi connectivity index (χ2n) is 5.51. The van der Waals surface area contributed by atoms with Crippen molar-refractivity contribution in [3.05, 3.63) is 30.3 Å². The fourth-order valence-corrected chi connectivity index (χ4v) is 2.90. The van der Waals surface area contributed by atoms with Gasteiger partial charge in [-0.3, -0.25) is 0 Å². The number of rotatable bonds is 6. The quantitative estimate of drug-likeness (QED) is 0.601. The second-order valence-corrected chi connectivity index (χ2v) is 6.68. The fraction of sp³-hybridized carbons (Fsp3) is 0.600. The molecule has 0 bridgehead atoms. The Morgan fingerprint density at radius 3 is 2.35 bits per heavy atom. The third kappa shape index (κ3) is 5.60. The van der Waals surface area contributed by atoms with E-state index in [0.29, 0.717) is 11.5 Å². The molecule has 0 saturated heterocycles. The molecule has 0 radical (unpaired) electrons. The van der Waals surface area contributed by atoms with Gasteiger partial charge in [-0.05, 0) is 43.2 Å². The summed E-state index contributed by atoms with van der Waals surface area (Å²) in [5, 5.41) is 3.43. The summed E-state index contributed by atoms with van der Waals surface area (Å²) in [6, 6.07) is 11.3. The van der Waals surface area contributed by atoms with Gasteiger partial charge in [0.15, 0.2) is 0 Å². The highest BCUT2D eigenvalue weighted by molar-refractivity contribution is 7.99. The van der Waals surface area contributed by atoms with E-state index in [1.165, 1.54) is 23.5 Å². The molecule has 0 fully saturated rings. The first-order valence-electron chi connectivity index (χ1n) is 6.39. The molecule has 0 aromatic heterocycles. The van der Waals surface area contributed by atoms with Crippen molar-refractivity contribution in [2.45, 2.75) is 44.6 Å². The first-order chi connectivity index (χ1) is 8.04. The zero-order valence-electron chi connectivity index (χ0n) is 11.5. The molecule has 1 atom stereocenters. The zero-order chi connectivity index (χ0) is 12.7. The van der Waals surface area contributed by atoms with Gasteiger partial charge in [-0.15, -0.1) is 11.8 Å². The second kappa shape index (κ2) is 7.07. The Labute approximate surface area is 110 Å². The zero-order valence-corrected chi connectivity index (χ0v) is 12.3. The molecule has 96 valence electrons. The summed E-state index contributed by atoms with van der Waals surface area (Å²) in [6.07, 6.45) is 2.52. The lowest BCUT2D eigenvalue weighted by Gasteiger charge is -2.30. The SMILES string of the molecule is CNC(CCCSc1ccccc1)C(C)(C)C. The number of hydrogen-bond donors (Lipinski definition) is 1. The number of nitrogens with one attached hydrogen (secondary N) is 1. The molecule has 1 N–H and O–H groups in total. The van der Waals surface area contributed by atoms with E-state index in [1.54, 1.807) is 0 Å². The van der Waals surface area contributed by atoms with Crippen LogP contribution in [0.2, 0.25) is 0 Å². The van der Waals surface area contributed by atoms with Crippen LogP contribution in [0.15, 0.2) is 35.2 Å². The standard InChI is InChI=1S/C15H25NS/c1-15(2,3)14(16-4)11-8-12-17-13-9-6-5-7-10-13/h5-7,9-10,14,16H,8,11-12H2,1-4H3. The van der Waals surface area contributed by atoms with Crippen LogP contribution in [0.1, 0.15) is 33.6 Å². The van der Waals surface area contributed by atoms with Crippen molar-refractivity contribution in [3.63, 3.8) is 0 Å². The Morgan fingerprint density at radius 2 is 1.82 bits per heavy atom. The van der Waals surface area contributed by atoms with E-state index in [9.17, 15) is 0 Å². The van der Waals surface area contributed by atoms with Gasteiger partial charge in [0.1, 0.15) is 0 Å². The van der Waals surface area contributed by atoms with Crippen LogP contribution in [-0.4, -0.2) is 18.8 Å². The van der Waals surface area contributed by atoms with Crippen molar-refractivity contribution in [1.82, 2.24) is 5.32 Å². The van der Waals surface area contributed by atoms with Crippen LogP contribution in [0.5, 0.6) is 0 Å². The summed E-state index contributed by atoms with van der Waals surface area (Å²) in [7, 11) is 2.07. The lowest BCUT2D eigenvalue weighted by Crippen LogP contribution is -2.37. The molecule has 1 aromatic rings. The summed E-state index contributed by atoms with van der Waals surface area (Å²) in [5.41, 5.74) is 0.353. The van der Waals surface area contributed by atoms with Crippen molar-refractivity contribution in [3.8, 4) is 0 Å². The maximum Gasteiger partial charge on any atom is 0.0113 e. The van der Waals surface area contributed by atoms with Crippen molar-refractivity contribution in [1.29, 1.82) is 0 Å². The van der Waals surface area contributed by atoms with Gasteiger partial charge < -0.3 is 5.32 Å². The molecule has 0 spiro atoms. The highest BCUT2D eigenvalue weighted by Crippen LogP contribution is 2.24. The summed E-state index contributed by atoms with van der Waals surface area (Å²) >= 11 is 1.96. The summed E-state index contributed by atoms with van der Waals surface area (Å²) in [5.74, 6) is 1.21. The third-order valence-corrected chi connectivity index (χ3v) is 4.14. The highest BCUT2D eigenvalue weighted by atomic mass is 32.2. The maximum atomic E-state index is 3.43. The lowest BCUT2D eigenvalue weighted by atomic mass is 9.84. The van der Waals surface area contributed by atoms with Crippen molar-refractivity contribution >= 4 is 11.8 Å². The molecular formula is C15H25NS. The average Bonchev–Trinajstić information content (AvgIpc) is 2.28. The molecule has 0 saturated carbocycles. The smallest absolute Gasteiger partial charge is 0.0113 e. The van der Waals surface area contributed by atoms with Gasteiger partial charge in [0.25, 0.3) is 0 Å². The minimum absolute atomic E-state index is 0.353. The Hall–Kier alpha value is -0.470. The molecule has 1 rings (SSSR count). The normalized spacial score (nSPS) is 13.6. The van der Waals surface area contributed by atoms with Gasteiger partial charge in [-0.2, -0.15) is 0 Å². The molecule has 2 heteroatoms. The molecule has 1 unspecified atom stereocenters. The minimum atomic E-state index is 0.353. The molecular weight excluding hydrogens is 226 g/mol. The topological polar surface area (TPSA) is 12.0 Å². The highest BCUT2D eigenvalue weighted by Gasteiger charge is 2.21. The third-order valence-electron chi connectivity index (χ3n) is 3.04. The van der Waals surface area contributed by atoms with Gasteiger partial charge in [0.2, 0.25) is 0 Å². The van der Waals surface area contributed by atoms with E-state index >= 15 is 0 Å². The van der Waals surface area contributed by atoms with Gasteiger partial charge in [-0.25, -0.2) is 0 Å². The van der Waals surface area contributed by atoms with E-state index in [2.05, 4.69) is 63.5 Å². The predicted octanol–water partition coefficient (Wildman–Crippen LogP) is 4.19. The van der Waals surface area contributed by atoms with Crippen LogP contribution in [0.4, 0.5) is 0 Å². The summed E-state index contributed by atoms with van der Waals surface area (Å²) < 4.78 is 0. The first kappa shape index (κ1) is 14.6. The van der Waals surface area contributed by atoms with Gasteiger partial charge >= 0.3 is 0 Å². The van der Waals surface area contributed by atoms with E-state index < -0.39 is 0 Å². The predicted molar refractivity (Wildman–Crippen MR) is 78.7 cm³/mol. The molecule has 0 aliphatic carbocycles. The molecule has 0 heterocycles. The molecule has 1 aromatic carbocycles. The lowest BCUT2D eigenvalue weighted by molar-refractivity contribution is 0.266. The molecule has 1 nitrogen and oxygen atoms in total. The van der Waals surface area contributed by atoms with Crippen molar-refractivity contribution < 1.29 is 0 Å². The van der Waals surface area contributed by atoms with E-state index in [-0.39, 0.29) is 0 Å². The van der Waals surface area contributed by atoms with Crippen molar-refractivity contribution in [2.24, 2.45) is 5.41 Å². The Morgan fingerprint density at radius 1 is 1.18 bits per heavy atom. The molecule has 0 amide bonds. The monoisotopic (exact) mass is 251 g/mol. The van der Waals surface area contributed by atoms with Crippen LogP contribution >= 0.6 is 11.8 Å². The fourth-order valence-electron chi connectivity index (χ4n) is 2.00. The van der Waals surface area contributed by atoms with Gasteiger partial charge in [0, 0.05) is 10.9 Å². The van der Waals surface area contributed by atoms with E-state index in [1.807, 2.05) is 11.8 Å². The van der Waals surface area contributed by atoms with Gasteiger partial charge in [-0.1, -0.05) is 39.0 Å². The minimum Gasteiger partial charge on any atom is -0.316 e. The maximum absolute atomic E-state index is 3.43. The summed E-state index contributed by atoms with van der Waals surface area (Å²) in [4.78, 5) is 1.38. The Balaban J connectivity index is 2.24. The molecule has 0 aliphatic rings. The van der Waals surface area contributed by atoms with Crippen LogP contribution < -0.4 is 5.32 Å². The largest absolute Gasteiger partial charge is 0.316 e. The van der Waals surface area contributed by atoms with Crippen LogP contribution in [0, 0.1) is 5.41 Å². The van der Waals surface area contributed by atoms with E-state index in [0.717, 1.165) is 0 Å². The Bertz CT molecular complexity index is 302. The van der Waals surface area contributed by atoms with Crippen molar-refractivity contribution in [2.75, 3.05) is 12.8 Å². The van der Waals surface area contributed by atoms with E-state index in [4.69, 9.17) is 0 Å². The molecule has 0 aliphatic heterocycles. The van der Waals surface area contributed by atoms with Crippen LogP contribution in [0.25, 0.3) is 0 Å². The van der Waals surface area contributed by atoms with Gasteiger partial charge in [0.05, 0.1) is 0 Å². The first-order valence-corrected chi connectivity index (χ1v) is 7.37.